The largest absolute Gasteiger partial charge is 0.472 e. The van der Waals surface area contributed by atoms with Crippen LogP contribution in [0.15, 0.2) is 36.5 Å². The van der Waals surface area contributed by atoms with E-state index in [4.69, 9.17) is 4.74 Å². The molecule has 1 aliphatic heterocycles. The fourth-order valence-corrected chi connectivity index (χ4v) is 3.81. The predicted molar refractivity (Wildman–Crippen MR) is 134 cm³/mol. The Bertz CT molecular complexity index is 1150. The van der Waals surface area contributed by atoms with Crippen LogP contribution in [0.1, 0.15) is 48.7 Å². The van der Waals surface area contributed by atoms with E-state index in [1.54, 1.807) is 48.0 Å². The van der Waals surface area contributed by atoms with E-state index < -0.39 is 18.0 Å². The van der Waals surface area contributed by atoms with Crippen LogP contribution in [0.25, 0.3) is 0 Å². The summed E-state index contributed by atoms with van der Waals surface area (Å²) in [5.41, 5.74) is 0.859. The third-order valence-electron chi connectivity index (χ3n) is 6.06. The smallest absolute Gasteiger partial charge is 0.317 e. The summed E-state index contributed by atoms with van der Waals surface area (Å²) in [5, 5.41) is 12.6. The zero-order valence-electron chi connectivity index (χ0n) is 21.1. The minimum Gasteiger partial charge on any atom is -0.472 e. The van der Waals surface area contributed by atoms with Crippen molar-refractivity contribution < 1.29 is 23.8 Å². The highest BCUT2D eigenvalue weighted by atomic mass is 19.1. The number of nitrogens with zero attached hydrogens (tertiary/aromatic N) is 3. The summed E-state index contributed by atoms with van der Waals surface area (Å²) in [6, 6.07) is 7.10. The van der Waals surface area contributed by atoms with Gasteiger partial charge in [-0.3, -0.25) is 4.79 Å². The van der Waals surface area contributed by atoms with Gasteiger partial charge in [-0.15, -0.1) is 0 Å². The number of carbonyl (C=O) groups excluding carboxylic acids is 2. The second-order valence-corrected chi connectivity index (χ2v) is 9.04. The van der Waals surface area contributed by atoms with Crippen molar-refractivity contribution in [3.63, 3.8) is 0 Å². The summed E-state index contributed by atoms with van der Waals surface area (Å²) in [6.07, 6.45) is 1.84. The summed E-state index contributed by atoms with van der Waals surface area (Å²) < 4.78 is 20.2. The molecule has 0 spiro atoms. The highest BCUT2D eigenvalue weighted by Gasteiger charge is 2.34. The van der Waals surface area contributed by atoms with Crippen molar-refractivity contribution in [3.8, 4) is 17.7 Å². The molecule has 192 valence electrons. The second-order valence-electron chi connectivity index (χ2n) is 9.04. The molecule has 3 atom stereocenters. The van der Waals surface area contributed by atoms with E-state index in [0.717, 1.165) is 6.42 Å². The Morgan fingerprint density at radius 1 is 1.39 bits per heavy atom. The fourth-order valence-electron chi connectivity index (χ4n) is 3.81. The SMILES string of the molecule is CCCNC(=O)N(C)C[C@@H]1Oc2ncc(C#Cc3ccccc3F)cc2C(=O)N([C@@H](C)CO)C[C@@H]1C. The number of urea groups is 1. The Morgan fingerprint density at radius 3 is 2.83 bits per heavy atom. The lowest BCUT2D eigenvalue weighted by Gasteiger charge is -2.37. The van der Waals surface area contributed by atoms with Crippen LogP contribution < -0.4 is 10.1 Å². The topological polar surface area (TPSA) is 95.0 Å². The van der Waals surface area contributed by atoms with Crippen molar-refractivity contribution in [2.45, 2.75) is 39.3 Å². The minimum atomic E-state index is -0.453. The molecule has 9 heteroatoms. The Balaban J connectivity index is 1.95. The van der Waals surface area contributed by atoms with Crippen molar-refractivity contribution >= 4 is 11.9 Å². The number of rotatable bonds is 6. The number of aliphatic hydroxyl groups is 1. The Kier molecular flexibility index (Phi) is 9.25. The number of aliphatic hydroxyl groups excluding tert-OH is 1. The van der Waals surface area contributed by atoms with Gasteiger partial charge in [0.1, 0.15) is 17.5 Å². The molecule has 0 aliphatic carbocycles. The first-order valence-corrected chi connectivity index (χ1v) is 12.1. The van der Waals surface area contributed by atoms with E-state index in [9.17, 15) is 19.1 Å². The quantitative estimate of drug-likeness (QED) is 0.600. The molecule has 0 fully saturated rings. The molecule has 0 saturated carbocycles. The van der Waals surface area contributed by atoms with Crippen LogP contribution >= 0.6 is 0 Å². The number of ether oxygens (including phenoxy) is 1. The van der Waals surface area contributed by atoms with Crippen LogP contribution in [-0.2, 0) is 0 Å². The fraction of sp³-hybridized carbons (Fsp3) is 0.444. The van der Waals surface area contributed by atoms with E-state index in [-0.39, 0.29) is 48.0 Å². The molecule has 3 rings (SSSR count). The summed E-state index contributed by atoms with van der Waals surface area (Å²) in [4.78, 5) is 33.4. The third kappa shape index (κ3) is 6.52. The van der Waals surface area contributed by atoms with Crippen molar-refractivity contribution in [2.24, 2.45) is 5.92 Å². The second kappa shape index (κ2) is 12.4. The average molecular weight is 497 g/mol. The number of carbonyl (C=O) groups is 2. The van der Waals surface area contributed by atoms with E-state index in [2.05, 4.69) is 22.1 Å². The van der Waals surface area contributed by atoms with Crippen LogP contribution in [0, 0.1) is 23.6 Å². The summed E-state index contributed by atoms with van der Waals surface area (Å²) >= 11 is 0. The number of fused-ring (bicyclic) bond motifs is 1. The summed E-state index contributed by atoms with van der Waals surface area (Å²) in [5.74, 6) is 4.84. The number of halogens is 1. The number of hydrogen-bond donors (Lipinski definition) is 2. The lowest BCUT2D eigenvalue weighted by Crippen LogP contribution is -2.51. The average Bonchev–Trinajstić information content (AvgIpc) is 2.88. The van der Waals surface area contributed by atoms with Crippen molar-refractivity contribution in [3.05, 3.63) is 59.0 Å². The molecule has 2 N–H and O–H groups in total. The number of amides is 3. The predicted octanol–water partition coefficient (Wildman–Crippen LogP) is 2.89. The molecule has 0 radical (unpaired) electrons. The monoisotopic (exact) mass is 496 g/mol. The number of benzene rings is 1. The number of hydrogen-bond acceptors (Lipinski definition) is 5. The zero-order chi connectivity index (χ0) is 26.2. The first kappa shape index (κ1) is 27.0. The van der Waals surface area contributed by atoms with E-state index in [1.165, 1.54) is 12.3 Å². The first-order valence-electron chi connectivity index (χ1n) is 12.1. The van der Waals surface area contributed by atoms with Gasteiger partial charge < -0.3 is 25.0 Å². The molecule has 0 saturated heterocycles. The maximum Gasteiger partial charge on any atom is 0.317 e. The van der Waals surface area contributed by atoms with Crippen LogP contribution in [0.3, 0.4) is 0 Å². The molecule has 2 heterocycles. The van der Waals surface area contributed by atoms with Gasteiger partial charge in [-0.1, -0.05) is 37.8 Å². The van der Waals surface area contributed by atoms with Gasteiger partial charge in [0.2, 0.25) is 5.88 Å². The number of likely N-dealkylation sites (N-methyl/N-ethyl adjacent to an activating group) is 1. The lowest BCUT2D eigenvalue weighted by atomic mass is 10.00. The molecule has 0 unspecified atom stereocenters. The van der Waals surface area contributed by atoms with Gasteiger partial charge in [-0.05, 0) is 31.5 Å². The molecule has 2 aromatic rings. The number of nitrogens with one attached hydrogen (secondary N) is 1. The van der Waals surface area contributed by atoms with E-state index in [1.807, 2.05) is 13.8 Å². The van der Waals surface area contributed by atoms with Crippen LogP contribution in [0.5, 0.6) is 5.88 Å². The van der Waals surface area contributed by atoms with E-state index in [0.29, 0.717) is 18.7 Å². The lowest BCUT2D eigenvalue weighted by molar-refractivity contribution is 0.0352. The van der Waals surface area contributed by atoms with Crippen molar-refractivity contribution in [1.82, 2.24) is 20.1 Å². The van der Waals surface area contributed by atoms with Gasteiger partial charge in [0.05, 0.1) is 24.8 Å². The van der Waals surface area contributed by atoms with Crippen LogP contribution in [0.4, 0.5) is 9.18 Å². The maximum atomic E-state index is 14.0. The molecule has 1 aromatic carbocycles. The molecule has 3 amide bonds. The van der Waals surface area contributed by atoms with Gasteiger partial charge in [0.15, 0.2) is 0 Å². The normalized spacial score (nSPS) is 18.1. The Hall–Kier alpha value is -3.64. The highest BCUT2D eigenvalue weighted by molar-refractivity contribution is 5.97. The maximum absolute atomic E-state index is 14.0. The number of pyridine rings is 1. The molecular weight excluding hydrogens is 463 g/mol. The molecular formula is C27H33FN4O4. The van der Waals surface area contributed by atoms with Gasteiger partial charge in [-0.25, -0.2) is 14.2 Å². The van der Waals surface area contributed by atoms with Gasteiger partial charge in [0.25, 0.3) is 5.91 Å². The standard InChI is InChI=1S/C27H33FN4O4/c1-5-12-29-27(35)31(4)16-24-18(2)15-32(19(3)17-33)26(34)22-13-20(14-30-25(22)36-24)10-11-21-8-6-7-9-23(21)28/h6-9,13-14,18-19,24,33H,5,12,15-17H2,1-4H3,(H,29,35)/t18-,19-,24-/m0/s1. The Labute approximate surface area is 211 Å². The molecule has 36 heavy (non-hydrogen) atoms. The first-order chi connectivity index (χ1) is 17.2. The Morgan fingerprint density at radius 2 is 2.14 bits per heavy atom. The molecule has 1 aromatic heterocycles. The van der Waals surface area contributed by atoms with Gasteiger partial charge in [-0.2, -0.15) is 0 Å². The highest BCUT2D eigenvalue weighted by Crippen LogP contribution is 2.27. The third-order valence-corrected chi connectivity index (χ3v) is 6.06. The van der Waals surface area contributed by atoms with Gasteiger partial charge >= 0.3 is 6.03 Å². The van der Waals surface area contributed by atoms with Crippen LogP contribution in [-0.4, -0.2) is 77.3 Å². The summed E-state index contributed by atoms with van der Waals surface area (Å²) in [7, 11) is 1.69. The van der Waals surface area contributed by atoms with Crippen molar-refractivity contribution in [1.29, 1.82) is 0 Å². The van der Waals surface area contributed by atoms with Crippen LogP contribution in [0.2, 0.25) is 0 Å². The number of aromatic nitrogens is 1. The van der Waals surface area contributed by atoms with Gasteiger partial charge in [0, 0.05) is 37.8 Å². The zero-order valence-corrected chi connectivity index (χ0v) is 21.1. The van der Waals surface area contributed by atoms with Crippen molar-refractivity contribution in [2.75, 3.05) is 33.3 Å². The molecule has 1 aliphatic rings. The molecule has 0 bridgehead atoms. The summed E-state index contributed by atoms with van der Waals surface area (Å²) in [6.45, 7) is 6.64. The van der Waals surface area contributed by atoms with E-state index >= 15 is 0 Å². The molecule has 8 nitrogen and oxygen atoms in total. The minimum absolute atomic E-state index is 0.130.